The van der Waals surface area contributed by atoms with Gasteiger partial charge in [0.2, 0.25) is 5.91 Å². The van der Waals surface area contributed by atoms with Crippen LogP contribution in [0.15, 0.2) is 0 Å². The maximum absolute atomic E-state index is 11.6. The van der Waals surface area contributed by atoms with Gasteiger partial charge in [-0.3, -0.25) is 4.79 Å². The van der Waals surface area contributed by atoms with Crippen molar-refractivity contribution >= 4 is 5.91 Å². The normalized spacial score (nSPS) is 27.4. The van der Waals surface area contributed by atoms with Crippen LogP contribution in [0, 0.1) is 0 Å². The van der Waals surface area contributed by atoms with Gasteiger partial charge in [-0.05, 0) is 12.8 Å². The minimum absolute atomic E-state index is 0.0942. The van der Waals surface area contributed by atoms with Crippen LogP contribution in [0.5, 0.6) is 0 Å². The highest BCUT2D eigenvalue weighted by Gasteiger charge is 2.25. The van der Waals surface area contributed by atoms with Gasteiger partial charge in [-0.1, -0.05) is 12.8 Å². The van der Waals surface area contributed by atoms with Gasteiger partial charge in [0.15, 0.2) is 0 Å². The second kappa shape index (κ2) is 6.83. The number of aliphatic hydroxyl groups is 1. The van der Waals surface area contributed by atoms with Gasteiger partial charge < -0.3 is 20.9 Å². The average Bonchev–Trinajstić information content (AvgIpc) is 2.29. The Kier molecular flexibility index (Phi) is 5.73. The molecular formula is C11H22N2O3. The molecule has 5 nitrogen and oxygen atoms in total. The van der Waals surface area contributed by atoms with E-state index in [0.29, 0.717) is 6.54 Å². The van der Waals surface area contributed by atoms with E-state index in [0.717, 1.165) is 25.7 Å². The number of carbonyl (C=O) groups excluding carboxylic acids is 1. The average molecular weight is 230 g/mol. The Labute approximate surface area is 96.3 Å². The van der Waals surface area contributed by atoms with Crippen LogP contribution < -0.4 is 11.1 Å². The van der Waals surface area contributed by atoms with Crippen molar-refractivity contribution < 1.29 is 14.6 Å². The van der Waals surface area contributed by atoms with Gasteiger partial charge in [0, 0.05) is 13.7 Å². The molecule has 94 valence electrons. The van der Waals surface area contributed by atoms with Crippen molar-refractivity contribution in [3.8, 4) is 0 Å². The van der Waals surface area contributed by atoms with Gasteiger partial charge in [-0.15, -0.1) is 0 Å². The van der Waals surface area contributed by atoms with Crippen LogP contribution in [-0.2, 0) is 9.53 Å². The molecule has 4 N–H and O–H groups in total. The van der Waals surface area contributed by atoms with Crippen LogP contribution >= 0.6 is 0 Å². The molecule has 1 saturated carbocycles. The molecule has 0 radical (unpaired) electrons. The van der Waals surface area contributed by atoms with E-state index in [1.54, 1.807) is 7.11 Å². The molecule has 1 aliphatic rings. The van der Waals surface area contributed by atoms with Crippen molar-refractivity contribution in [3.63, 3.8) is 0 Å². The number of nitrogens with one attached hydrogen (secondary N) is 1. The first-order valence-corrected chi connectivity index (χ1v) is 5.87. The molecule has 1 rings (SSSR count). The Balaban J connectivity index is 2.32. The molecule has 0 saturated heterocycles. The number of methoxy groups -OCH3 is 1. The summed E-state index contributed by atoms with van der Waals surface area (Å²) in [4.78, 5) is 11.6. The lowest BCUT2D eigenvalue weighted by atomic mass is 9.92. The van der Waals surface area contributed by atoms with E-state index in [-0.39, 0.29) is 24.5 Å². The van der Waals surface area contributed by atoms with Crippen molar-refractivity contribution in [1.82, 2.24) is 5.32 Å². The van der Waals surface area contributed by atoms with E-state index < -0.39 is 6.10 Å². The van der Waals surface area contributed by atoms with Crippen LogP contribution in [0.25, 0.3) is 0 Å². The van der Waals surface area contributed by atoms with E-state index >= 15 is 0 Å². The summed E-state index contributed by atoms with van der Waals surface area (Å²) in [5.74, 6) is -0.0942. The third-order valence-electron chi connectivity index (χ3n) is 3.09. The topological polar surface area (TPSA) is 84.6 Å². The van der Waals surface area contributed by atoms with Crippen LogP contribution in [-0.4, -0.2) is 42.9 Å². The van der Waals surface area contributed by atoms with Crippen LogP contribution in [0.2, 0.25) is 0 Å². The number of hydrogen-bond acceptors (Lipinski definition) is 4. The van der Waals surface area contributed by atoms with Crippen LogP contribution in [0.1, 0.15) is 32.1 Å². The molecule has 1 fully saturated rings. The van der Waals surface area contributed by atoms with Gasteiger partial charge in [0.05, 0.1) is 24.7 Å². The lowest BCUT2D eigenvalue weighted by Crippen LogP contribution is -2.46. The smallest absolute Gasteiger partial charge is 0.222 e. The van der Waals surface area contributed by atoms with Crippen molar-refractivity contribution in [3.05, 3.63) is 0 Å². The van der Waals surface area contributed by atoms with Gasteiger partial charge in [-0.2, -0.15) is 0 Å². The van der Waals surface area contributed by atoms with Crippen molar-refractivity contribution in [1.29, 1.82) is 0 Å². The Morgan fingerprint density at radius 2 is 2.25 bits per heavy atom. The quantitative estimate of drug-likeness (QED) is 0.609. The summed E-state index contributed by atoms with van der Waals surface area (Å²) in [5.41, 5.74) is 5.44. The second-order valence-corrected chi connectivity index (χ2v) is 4.32. The van der Waals surface area contributed by atoms with E-state index in [1.807, 2.05) is 0 Å². The summed E-state index contributed by atoms with van der Waals surface area (Å²) in [5, 5.41) is 12.5. The molecule has 1 amide bonds. The lowest BCUT2D eigenvalue weighted by molar-refractivity contribution is -0.125. The fraction of sp³-hybridized carbons (Fsp3) is 0.909. The van der Waals surface area contributed by atoms with Crippen molar-refractivity contribution in [2.24, 2.45) is 5.73 Å². The molecule has 1 unspecified atom stereocenters. The van der Waals surface area contributed by atoms with Crippen LogP contribution in [0.3, 0.4) is 0 Å². The minimum atomic E-state index is -0.406. The fourth-order valence-electron chi connectivity index (χ4n) is 2.02. The zero-order chi connectivity index (χ0) is 12.0. The highest BCUT2D eigenvalue weighted by Crippen LogP contribution is 2.18. The molecule has 16 heavy (non-hydrogen) atoms. The predicted molar refractivity (Wildman–Crippen MR) is 60.9 cm³/mol. The summed E-state index contributed by atoms with van der Waals surface area (Å²) < 4.78 is 5.04. The molecule has 0 aromatic heterocycles. The Bertz CT molecular complexity index is 219. The van der Waals surface area contributed by atoms with Gasteiger partial charge in [-0.25, -0.2) is 0 Å². The third-order valence-corrected chi connectivity index (χ3v) is 3.09. The zero-order valence-electron chi connectivity index (χ0n) is 9.82. The summed E-state index contributed by atoms with van der Waals surface area (Å²) in [6.07, 6.45) is 3.35. The number of aliphatic hydroxyl groups excluding tert-OH is 1. The second-order valence-electron chi connectivity index (χ2n) is 4.32. The molecule has 0 bridgehead atoms. The largest absolute Gasteiger partial charge is 0.391 e. The Morgan fingerprint density at radius 1 is 1.56 bits per heavy atom. The predicted octanol–water partition coefficient (Wildman–Crippen LogP) is -0.230. The summed E-state index contributed by atoms with van der Waals surface area (Å²) >= 11 is 0. The standard InChI is InChI=1S/C11H22N2O3/c1-16-8(7-12)6-11(15)13-9-4-2-3-5-10(9)14/h8-10,14H,2-7,12H2,1H3,(H,13,15)/t8?,9-,10-/m1/s1. The summed E-state index contributed by atoms with van der Waals surface area (Å²) in [6, 6.07) is -0.100. The maximum Gasteiger partial charge on any atom is 0.222 e. The molecule has 5 heteroatoms. The molecule has 0 aromatic rings. The highest BCUT2D eigenvalue weighted by atomic mass is 16.5. The van der Waals surface area contributed by atoms with E-state index in [2.05, 4.69) is 5.32 Å². The molecular weight excluding hydrogens is 208 g/mol. The molecule has 0 spiro atoms. The van der Waals surface area contributed by atoms with E-state index in [1.165, 1.54) is 0 Å². The van der Waals surface area contributed by atoms with E-state index in [9.17, 15) is 9.90 Å². The monoisotopic (exact) mass is 230 g/mol. The van der Waals surface area contributed by atoms with Gasteiger partial charge in [0.1, 0.15) is 0 Å². The molecule has 0 aliphatic heterocycles. The lowest BCUT2D eigenvalue weighted by Gasteiger charge is -2.28. The zero-order valence-corrected chi connectivity index (χ0v) is 9.82. The summed E-state index contributed by atoms with van der Waals surface area (Å²) in [7, 11) is 1.54. The molecule has 1 aliphatic carbocycles. The first kappa shape index (κ1) is 13.4. The fourth-order valence-corrected chi connectivity index (χ4v) is 2.02. The Morgan fingerprint density at radius 3 is 2.81 bits per heavy atom. The highest BCUT2D eigenvalue weighted by molar-refractivity contribution is 5.76. The number of ether oxygens (including phenoxy) is 1. The number of amides is 1. The first-order valence-electron chi connectivity index (χ1n) is 5.87. The molecule has 0 aromatic carbocycles. The number of carbonyl (C=O) groups is 1. The van der Waals surface area contributed by atoms with Gasteiger partial charge >= 0.3 is 0 Å². The summed E-state index contributed by atoms with van der Waals surface area (Å²) in [6.45, 7) is 0.330. The van der Waals surface area contributed by atoms with Crippen molar-refractivity contribution in [2.45, 2.75) is 50.4 Å². The minimum Gasteiger partial charge on any atom is -0.391 e. The number of hydrogen-bond donors (Lipinski definition) is 3. The Hall–Kier alpha value is -0.650. The third kappa shape index (κ3) is 4.08. The van der Waals surface area contributed by atoms with Crippen molar-refractivity contribution in [2.75, 3.05) is 13.7 Å². The van der Waals surface area contributed by atoms with E-state index in [4.69, 9.17) is 10.5 Å². The molecule has 3 atom stereocenters. The van der Waals surface area contributed by atoms with Crippen LogP contribution in [0.4, 0.5) is 0 Å². The SMILES string of the molecule is COC(CN)CC(=O)N[C@@H]1CCCC[C@H]1O. The number of rotatable bonds is 5. The van der Waals surface area contributed by atoms with Gasteiger partial charge in [0.25, 0.3) is 0 Å². The molecule has 0 heterocycles. The maximum atomic E-state index is 11.6. The number of nitrogens with two attached hydrogens (primary N) is 1. The first-order chi connectivity index (χ1) is 7.67.